The highest BCUT2D eigenvalue weighted by Crippen LogP contribution is 2.22. The summed E-state index contributed by atoms with van der Waals surface area (Å²) in [5, 5.41) is 1.07. The van der Waals surface area contributed by atoms with Gasteiger partial charge in [-0.1, -0.05) is 18.2 Å². The second-order valence-electron chi connectivity index (χ2n) is 5.88. The molecule has 1 aliphatic heterocycles. The number of aromatic amines is 1. The molecule has 3 N–H and O–H groups in total. The van der Waals surface area contributed by atoms with Gasteiger partial charge in [0.2, 0.25) is 5.91 Å². The fraction of sp³-hybridized carbons (Fsp3) is 0.412. The molecule has 1 aromatic heterocycles. The van der Waals surface area contributed by atoms with Crippen LogP contribution in [-0.2, 0) is 20.7 Å². The smallest absolute Gasteiger partial charge is 0.328 e. The Bertz CT molecular complexity index is 725. The number of nitrogens with one attached hydrogen (secondary N) is 1. The van der Waals surface area contributed by atoms with E-state index in [1.54, 1.807) is 4.90 Å². The lowest BCUT2D eigenvalue weighted by Gasteiger charge is -2.25. The molecule has 6 heteroatoms. The Morgan fingerprint density at radius 3 is 3.00 bits per heavy atom. The summed E-state index contributed by atoms with van der Waals surface area (Å²) in [4.78, 5) is 29.1. The predicted octanol–water partition coefficient (Wildman–Crippen LogP) is 1.20. The topological polar surface area (TPSA) is 88.4 Å². The first kappa shape index (κ1) is 15.6. The molecule has 0 radical (unpaired) electrons. The van der Waals surface area contributed by atoms with Crippen molar-refractivity contribution in [3.8, 4) is 0 Å². The number of methoxy groups -OCH3 is 1. The lowest BCUT2D eigenvalue weighted by molar-refractivity contribution is -0.151. The molecular weight excluding hydrogens is 294 g/mol. The van der Waals surface area contributed by atoms with Gasteiger partial charge in [0.25, 0.3) is 0 Å². The van der Waals surface area contributed by atoms with Crippen molar-refractivity contribution in [2.24, 2.45) is 5.73 Å². The van der Waals surface area contributed by atoms with Crippen LogP contribution in [-0.4, -0.2) is 47.5 Å². The van der Waals surface area contributed by atoms with Crippen LogP contribution in [0.4, 0.5) is 0 Å². The normalized spacial score (nSPS) is 19.0. The Morgan fingerprint density at radius 1 is 1.43 bits per heavy atom. The Balaban J connectivity index is 1.73. The lowest BCUT2D eigenvalue weighted by atomic mass is 10.0. The minimum absolute atomic E-state index is 0.191. The van der Waals surface area contributed by atoms with Gasteiger partial charge in [0.05, 0.1) is 13.2 Å². The molecule has 1 saturated heterocycles. The van der Waals surface area contributed by atoms with Crippen LogP contribution in [0.25, 0.3) is 10.9 Å². The number of hydrogen-bond donors (Lipinski definition) is 2. The molecule has 2 heterocycles. The summed E-state index contributed by atoms with van der Waals surface area (Å²) in [6.07, 6.45) is 3.76. The zero-order valence-corrected chi connectivity index (χ0v) is 13.1. The number of fused-ring (bicyclic) bond motifs is 1. The number of ether oxygens (including phenoxy) is 1. The van der Waals surface area contributed by atoms with E-state index in [4.69, 9.17) is 10.5 Å². The highest BCUT2D eigenvalue weighted by molar-refractivity contribution is 5.89. The summed E-state index contributed by atoms with van der Waals surface area (Å²) in [5.41, 5.74) is 8.16. The number of hydrogen-bond acceptors (Lipinski definition) is 4. The number of para-hydroxylation sites is 1. The molecule has 0 saturated carbocycles. The molecule has 122 valence electrons. The molecule has 1 aliphatic rings. The van der Waals surface area contributed by atoms with E-state index in [1.165, 1.54) is 7.11 Å². The largest absolute Gasteiger partial charge is 0.467 e. The molecule has 23 heavy (non-hydrogen) atoms. The van der Waals surface area contributed by atoms with Gasteiger partial charge >= 0.3 is 5.97 Å². The minimum Gasteiger partial charge on any atom is -0.467 e. The van der Waals surface area contributed by atoms with Gasteiger partial charge < -0.3 is 20.4 Å². The second-order valence-corrected chi connectivity index (χ2v) is 5.88. The lowest BCUT2D eigenvalue weighted by Crippen LogP contribution is -2.49. The predicted molar refractivity (Wildman–Crippen MR) is 86.7 cm³/mol. The maximum absolute atomic E-state index is 12.6. The molecular formula is C17H21N3O3. The van der Waals surface area contributed by atoms with E-state index in [0.717, 1.165) is 22.9 Å². The van der Waals surface area contributed by atoms with Crippen LogP contribution in [0.15, 0.2) is 30.5 Å². The standard InChI is InChI=1S/C17H21N3O3/c1-23-17(22)15-7-4-8-20(15)16(21)13(18)9-11-10-19-14-6-3-2-5-12(11)14/h2-3,5-6,10,13,15,19H,4,7-9,18H2,1H3. The van der Waals surface area contributed by atoms with Crippen LogP contribution in [0, 0.1) is 0 Å². The molecule has 0 bridgehead atoms. The van der Waals surface area contributed by atoms with Crippen molar-refractivity contribution in [2.45, 2.75) is 31.3 Å². The molecule has 3 rings (SSSR count). The maximum atomic E-state index is 12.6. The molecule has 1 fully saturated rings. The zero-order chi connectivity index (χ0) is 16.4. The Morgan fingerprint density at radius 2 is 2.22 bits per heavy atom. The average Bonchev–Trinajstić information content (AvgIpc) is 3.21. The number of esters is 1. The summed E-state index contributed by atoms with van der Waals surface area (Å²) in [6, 6.07) is 6.74. The monoisotopic (exact) mass is 315 g/mol. The number of nitrogens with zero attached hydrogens (tertiary/aromatic N) is 1. The highest BCUT2D eigenvalue weighted by atomic mass is 16.5. The van der Waals surface area contributed by atoms with E-state index in [1.807, 2.05) is 30.5 Å². The molecule has 1 amide bonds. The van der Waals surface area contributed by atoms with E-state index in [2.05, 4.69) is 4.98 Å². The van der Waals surface area contributed by atoms with Gasteiger partial charge in [-0.3, -0.25) is 4.79 Å². The number of nitrogens with two attached hydrogens (primary N) is 1. The third-order valence-electron chi connectivity index (χ3n) is 4.44. The summed E-state index contributed by atoms with van der Waals surface area (Å²) in [5.74, 6) is -0.557. The fourth-order valence-corrected chi connectivity index (χ4v) is 3.25. The van der Waals surface area contributed by atoms with Crippen LogP contribution < -0.4 is 5.73 Å². The first-order chi connectivity index (χ1) is 11.1. The van der Waals surface area contributed by atoms with Crippen molar-refractivity contribution >= 4 is 22.8 Å². The van der Waals surface area contributed by atoms with E-state index in [9.17, 15) is 9.59 Å². The number of carbonyl (C=O) groups is 2. The van der Waals surface area contributed by atoms with Gasteiger partial charge in [-0.2, -0.15) is 0 Å². The van der Waals surface area contributed by atoms with E-state index in [0.29, 0.717) is 19.4 Å². The zero-order valence-electron chi connectivity index (χ0n) is 13.1. The molecule has 6 nitrogen and oxygen atoms in total. The van der Waals surface area contributed by atoms with Gasteiger partial charge in [-0.05, 0) is 30.9 Å². The number of H-pyrrole nitrogens is 1. The van der Waals surface area contributed by atoms with Crippen LogP contribution in [0.2, 0.25) is 0 Å². The summed E-state index contributed by atoms with van der Waals surface area (Å²) in [7, 11) is 1.34. The Hall–Kier alpha value is -2.34. The first-order valence-electron chi connectivity index (χ1n) is 7.80. The van der Waals surface area contributed by atoms with Crippen molar-refractivity contribution < 1.29 is 14.3 Å². The molecule has 2 atom stereocenters. The third kappa shape index (κ3) is 2.94. The van der Waals surface area contributed by atoms with Crippen molar-refractivity contribution in [3.63, 3.8) is 0 Å². The van der Waals surface area contributed by atoms with Gasteiger partial charge in [-0.25, -0.2) is 4.79 Å². The van der Waals surface area contributed by atoms with Gasteiger partial charge in [-0.15, -0.1) is 0 Å². The third-order valence-corrected chi connectivity index (χ3v) is 4.44. The fourth-order valence-electron chi connectivity index (χ4n) is 3.25. The number of benzene rings is 1. The van der Waals surface area contributed by atoms with Crippen molar-refractivity contribution in [2.75, 3.05) is 13.7 Å². The van der Waals surface area contributed by atoms with Gasteiger partial charge in [0.15, 0.2) is 0 Å². The molecule has 1 aromatic carbocycles. The minimum atomic E-state index is -0.667. The van der Waals surface area contributed by atoms with Crippen LogP contribution in [0.1, 0.15) is 18.4 Å². The average molecular weight is 315 g/mol. The maximum Gasteiger partial charge on any atom is 0.328 e. The van der Waals surface area contributed by atoms with E-state index in [-0.39, 0.29) is 11.9 Å². The van der Waals surface area contributed by atoms with Crippen molar-refractivity contribution in [1.82, 2.24) is 9.88 Å². The molecule has 2 unspecified atom stereocenters. The number of aromatic nitrogens is 1. The molecule has 2 aromatic rings. The summed E-state index contributed by atoms with van der Waals surface area (Å²) < 4.78 is 4.78. The summed E-state index contributed by atoms with van der Waals surface area (Å²) >= 11 is 0. The van der Waals surface area contributed by atoms with Crippen LogP contribution >= 0.6 is 0 Å². The number of carbonyl (C=O) groups excluding carboxylic acids is 2. The Kier molecular flexibility index (Phi) is 4.34. The molecule has 0 spiro atoms. The first-order valence-corrected chi connectivity index (χ1v) is 7.80. The van der Waals surface area contributed by atoms with Crippen molar-refractivity contribution in [3.05, 3.63) is 36.0 Å². The quantitative estimate of drug-likeness (QED) is 0.830. The van der Waals surface area contributed by atoms with Gasteiger partial charge in [0.1, 0.15) is 6.04 Å². The number of rotatable bonds is 4. The highest BCUT2D eigenvalue weighted by Gasteiger charge is 2.36. The van der Waals surface area contributed by atoms with Crippen LogP contribution in [0.3, 0.4) is 0 Å². The second kappa shape index (κ2) is 6.42. The van der Waals surface area contributed by atoms with Crippen LogP contribution in [0.5, 0.6) is 0 Å². The van der Waals surface area contributed by atoms with Gasteiger partial charge in [0, 0.05) is 23.6 Å². The Labute approximate surface area is 134 Å². The number of amides is 1. The SMILES string of the molecule is COC(=O)C1CCCN1C(=O)C(N)Cc1c[nH]c2ccccc12. The van der Waals surface area contributed by atoms with Crippen molar-refractivity contribution in [1.29, 1.82) is 0 Å². The number of likely N-dealkylation sites (tertiary alicyclic amines) is 1. The summed E-state index contributed by atoms with van der Waals surface area (Å²) in [6.45, 7) is 0.556. The van der Waals surface area contributed by atoms with E-state index < -0.39 is 12.1 Å². The van der Waals surface area contributed by atoms with E-state index >= 15 is 0 Å². The molecule has 0 aliphatic carbocycles.